The molecule has 2 aliphatic rings. The summed E-state index contributed by atoms with van der Waals surface area (Å²) in [7, 11) is 0. The van der Waals surface area contributed by atoms with Crippen LogP contribution in [0.15, 0.2) is 41.5 Å². The van der Waals surface area contributed by atoms with Gasteiger partial charge in [0, 0.05) is 37.6 Å². The molecule has 2 saturated heterocycles. The Morgan fingerprint density at radius 1 is 1.14 bits per heavy atom. The molecule has 152 valence electrons. The number of anilines is 1. The summed E-state index contributed by atoms with van der Waals surface area (Å²) in [4.78, 5) is 17.4. The molecule has 5 rings (SSSR count). The van der Waals surface area contributed by atoms with Crippen molar-refractivity contribution >= 4 is 16.6 Å². The van der Waals surface area contributed by atoms with Crippen LogP contribution in [-0.2, 0) is 11.3 Å². The number of ether oxygens (including phenoxy) is 1. The second-order valence-electron chi connectivity index (χ2n) is 7.92. The van der Waals surface area contributed by atoms with Crippen molar-refractivity contribution in [3.63, 3.8) is 0 Å². The van der Waals surface area contributed by atoms with E-state index in [0.717, 1.165) is 62.2 Å². The van der Waals surface area contributed by atoms with Gasteiger partial charge in [0.2, 0.25) is 0 Å². The van der Waals surface area contributed by atoms with Crippen LogP contribution in [0.4, 0.5) is 5.69 Å². The van der Waals surface area contributed by atoms with E-state index in [1.807, 2.05) is 12.4 Å². The van der Waals surface area contributed by atoms with Crippen LogP contribution in [0.5, 0.6) is 0 Å². The van der Waals surface area contributed by atoms with E-state index >= 15 is 0 Å². The highest BCUT2D eigenvalue weighted by molar-refractivity contribution is 5.78. The van der Waals surface area contributed by atoms with Gasteiger partial charge in [-0.2, -0.15) is 10.2 Å². The van der Waals surface area contributed by atoms with Crippen molar-refractivity contribution in [1.29, 1.82) is 0 Å². The molecule has 8 heteroatoms. The number of aromatic amines is 1. The fourth-order valence-electron chi connectivity index (χ4n) is 4.39. The molecule has 1 atom stereocenters. The van der Waals surface area contributed by atoms with E-state index in [2.05, 4.69) is 43.3 Å². The van der Waals surface area contributed by atoms with E-state index in [0.29, 0.717) is 13.2 Å². The molecule has 0 spiro atoms. The number of H-pyrrole nitrogens is 1. The number of nitrogens with one attached hydrogen (secondary N) is 1. The number of nitrogens with zero attached hydrogens (tertiary/aromatic N) is 5. The first-order chi connectivity index (χ1) is 14.3. The Bertz CT molecular complexity index is 1040. The van der Waals surface area contributed by atoms with Crippen molar-refractivity contribution in [3.05, 3.63) is 52.6 Å². The molecule has 1 N–H and O–H groups in total. The lowest BCUT2D eigenvalue weighted by molar-refractivity contribution is 0.122. The van der Waals surface area contributed by atoms with Crippen molar-refractivity contribution < 1.29 is 4.74 Å². The fourth-order valence-corrected chi connectivity index (χ4v) is 4.39. The highest BCUT2D eigenvalue weighted by Crippen LogP contribution is 2.23. The Hall–Kier alpha value is -2.71. The number of rotatable bonds is 4. The first kappa shape index (κ1) is 18.3. The fraction of sp³-hybridized carbons (Fsp3) is 0.476. The van der Waals surface area contributed by atoms with Crippen LogP contribution in [0.25, 0.3) is 10.9 Å². The number of hydrogen-bond donors (Lipinski definition) is 1. The predicted octanol–water partition coefficient (Wildman–Crippen LogP) is 1.79. The topological polar surface area (TPSA) is 79.3 Å². The highest BCUT2D eigenvalue weighted by Gasteiger charge is 2.23. The van der Waals surface area contributed by atoms with Crippen molar-refractivity contribution in [3.8, 4) is 0 Å². The minimum Gasteiger partial charge on any atom is -0.378 e. The molecule has 1 aromatic carbocycles. The largest absolute Gasteiger partial charge is 0.378 e. The minimum atomic E-state index is -0.0141. The third-order valence-electron chi connectivity index (χ3n) is 5.93. The summed E-state index contributed by atoms with van der Waals surface area (Å²) in [6.07, 6.45) is 5.72. The summed E-state index contributed by atoms with van der Waals surface area (Å²) in [6.45, 7) is 5.76. The summed E-state index contributed by atoms with van der Waals surface area (Å²) in [5, 5.41) is 12.8. The van der Waals surface area contributed by atoms with Gasteiger partial charge in [0.05, 0.1) is 42.9 Å². The van der Waals surface area contributed by atoms with Crippen LogP contribution in [0.2, 0.25) is 0 Å². The third-order valence-corrected chi connectivity index (χ3v) is 5.93. The molecule has 2 aromatic heterocycles. The smallest absolute Gasteiger partial charge is 0.269 e. The lowest BCUT2D eigenvalue weighted by atomic mass is 10.0. The van der Waals surface area contributed by atoms with Crippen LogP contribution >= 0.6 is 0 Å². The van der Waals surface area contributed by atoms with Crippen molar-refractivity contribution in [2.45, 2.75) is 25.4 Å². The van der Waals surface area contributed by atoms with E-state index in [4.69, 9.17) is 4.74 Å². The third kappa shape index (κ3) is 3.90. The quantitative estimate of drug-likeness (QED) is 0.727. The molecule has 0 amide bonds. The van der Waals surface area contributed by atoms with Crippen LogP contribution < -0.4 is 10.5 Å². The lowest BCUT2D eigenvalue weighted by Crippen LogP contribution is -2.41. The van der Waals surface area contributed by atoms with Crippen LogP contribution in [0, 0.1) is 0 Å². The van der Waals surface area contributed by atoms with Gasteiger partial charge in [-0.1, -0.05) is 12.1 Å². The van der Waals surface area contributed by atoms with Gasteiger partial charge in [-0.05, 0) is 31.0 Å². The first-order valence-corrected chi connectivity index (χ1v) is 10.3. The normalized spacial score (nSPS) is 21.0. The van der Waals surface area contributed by atoms with Crippen molar-refractivity contribution in [2.75, 3.05) is 44.3 Å². The Labute approximate surface area is 169 Å². The molecular weight excluding hydrogens is 368 g/mol. The maximum atomic E-state index is 12.8. The van der Waals surface area contributed by atoms with Gasteiger partial charge in [0.15, 0.2) is 0 Å². The molecule has 8 nitrogen and oxygen atoms in total. The number of aromatic nitrogens is 4. The van der Waals surface area contributed by atoms with Gasteiger partial charge >= 0.3 is 0 Å². The Kier molecular flexibility index (Phi) is 5.03. The van der Waals surface area contributed by atoms with Gasteiger partial charge in [-0.3, -0.25) is 14.8 Å². The summed E-state index contributed by atoms with van der Waals surface area (Å²) < 4.78 is 7.07. The molecule has 0 radical (unpaired) electrons. The second-order valence-corrected chi connectivity index (χ2v) is 7.92. The number of morpholine rings is 1. The standard InChI is InChI=1S/C21H26N6O2/c28-21-11-19(26-6-8-29-9-7-26)13-23-27(21)18-2-1-5-25(15-18)14-16-3-4-17-12-22-24-20(17)10-16/h3-4,10-13,18H,1-2,5-9,14-15H2,(H,22,24). The molecule has 2 aliphatic heterocycles. The van der Waals surface area contributed by atoms with Gasteiger partial charge in [0.25, 0.3) is 5.56 Å². The second kappa shape index (κ2) is 7.96. The molecule has 4 heterocycles. The zero-order valence-electron chi connectivity index (χ0n) is 16.5. The first-order valence-electron chi connectivity index (χ1n) is 10.3. The number of piperidine rings is 1. The Morgan fingerprint density at radius 3 is 2.90 bits per heavy atom. The van der Waals surface area contributed by atoms with Crippen LogP contribution in [0.3, 0.4) is 0 Å². The van der Waals surface area contributed by atoms with E-state index < -0.39 is 0 Å². The number of fused-ring (bicyclic) bond motifs is 1. The van der Waals surface area contributed by atoms with Crippen LogP contribution in [-0.4, -0.2) is 64.3 Å². The van der Waals surface area contributed by atoms with Crippen molar-refractivity contribution in [2.24, 2.45) is 0 Å². The zero-order chi connectivity index (χ0) is 19.6. The van der Waals surface area contributed by atoms with E-state index in [1.54, 1.807) is 10.7 Å². The highest BCUT2D eigenvalue weighted by atomic mass is 16.5. The van der Waals surface area contributed by atoms with Gasteiger partial charge in [-0.25, -0.2) is 4.68 Å². The SMILES string of the molecule is O=c1cc(N2CCOCC2)cnn1C1CCCN(Cc2ccc3cn[nH]c3c2)C1. The molecule has 0 saturated carbocycles. The predicted molar refractivity (Wildman–Crippen MR) is 111 cm³/mol. The van der Waals surface area contributed by atoms with Crippen LogP contribution in [0.1, 0.15) is 24.4 Å². The molecule has 2 fully saturated rings. The van der Waals surface area contributed by atoms with E-state index in [-0.39, 0.29) is 11.6 Å². The molecule has 0 bridgehead atoms. The van der Waals surface area contributed by atoms with Gasteiger partial charge < -0.3 is 9.64 Å². The van der Waals surface area contributed by atoms with Gasteiger partial charge in [-0.15, -0.1) is 0 Å². The van der Waals surface area contributed by atoms with Crippen molar-refractivity contribution in [1.82, 2.24) is 24.9 Å². The Morgan fingerprint density at radius 2 is 2.03 bits per heavy atom. The average Bonchev–Trinajstić information content (AvgIpc) is 3.22. The molecular formula is C21H26N6O2. The van der Waals surface area contributed by atoms with Gasteiger partial charge in [0.1, 0.15) is 0 Å². The monoisotopic (exact) mass is 394 g/mol. The molecule has 29 heavy (non-hydrogen) atoms. The van der Waals surface area contributed by atoms with E-state index in [9.17, 15) is 4.79 Å². The maximum absolute atomic E-state index is 12.8. The number of likely N-dealkylation sites (tertiary alicyclic amines) is 1. The number of hydrogen-bond acceptors (Lipinski definition) is 6. The Balaban J connectivity index is 1.29. The summed E-state index contributed by atoms with van der Waals surface area (Å²) >= 11 is 0. The zero-order valence-corrected chi connectivity index (χ0v) is 16.5. The summed E-state index contributed by atoms with van der Waals surface area (Å²) in [6, 6.07) is 8.26. The summed E-state index contributed by atoms with van der Waals surface area (Å²) in [5.74, 6) is 0. The average molecular weight is 394 g/mol. The van der Waals surface area contributed by atoms with E-state index in [1.165, 1.54) is 5.56 Å². The minimum absolute atomic E-state index is 0.0141. The molecule has 1 unspecified atom stereocenters. The summed E-state index contributed by atoms with van der Waals surface area (Å²) in [5.41, 5.74) is 3.20. The number of benzene rings is 1. The molecule has 0 aliphatic carbocycles. The lowest BCUT2D eigenvalue weighted by Gasteiger charge is -2.33. The molecule has 3 aromatic rings. The maximum Gasteiger partial charge on any atom is 0.269 e.